The van der Waals surface area contributed by atoms with Gasteiger partial charge in [0.1, 0.15) is 17.6 Å². The van der Waals surface area contributed by atoms with Crippen molar-refractivity contribution >= 4 is 34.7 Å². The highest BCUT2D eigenvalue weighted by Gasteiger charge is 2.34. The van der Waals surface area contributed by atoms with Crippen LogP contribution < -0.4 is 25.1 Å². The van der Waals surface area contributed by atoms with Crippen LogP contribution in [-0.4, -0.2) is 23.6 Å². The van der Waals surface area contributed by atoms with Crippen molar-refractivity contribution in [3.8, 4) is 0 Å². The molecule has 2 aromatic heterocycles. The molecule has 0 saturated heterocycles. The second-order valence-corrected chi connectivity index (χ2v) is 10.6. The first kappa shape index (κ1) is 26.4. The van der Waals surface area contributed by atoms with Gasteiger partial charge in [-0.15, -0.1) is 0 Å². The van der Waals surface area contributed by atoms with Crippen LogP contribution >= 0.6 is 11.3 Å². The fourth-order valence-electron chi connectivity index (χ4n) is 4.91. The van der Waals surface area contributed by atoms with Gasteiger partial charge in [0, 0.05) is 24.5 Å². The Morgan fingerprint density at radius 1 is 1.05 bits per heavy atom. The molecular formula is C31H32N4O3S. The molecule has 0 aliphatic carbocycles. The molecule has 0 bridgehead atoms. The van der Waals surface area contributed by atoms with Crippen LogP contribution in [0, 0.1) is 13.8 Å². The molecule has 5 rings (SSSR count). The molecule has 8 heteroatoms. The molecule has 7 nitrogen and oxygen atoms in total. The molecule has 3 heterocycles. The molecular weight excluding hydrogens is 508 g/mol. The zero-order valence-electron chi connectivity index (χ0n) is 22.8. The van der Waals surface area contributed by atoms with E-state index in [1.165, 1.54) is 11.3 Å². The molecule has 1 atom stereocenters. The Morgan fingerprint density at radius 3 is 2.41 bits per heavy atom. The first-order valence-corrected chi connectivity index (χ1v) is 13.9. The zero-order chi connectivity index (χ0) is 27.7. The second kappa shape index (κ2) is 10.9. The predicted molar refractivity (Wildman–Crippen MR) is 157 cm³/mol. The topological polar surface area (TPSA) is 79.8 Å². The van der Waals surface area contributed by atoms with Gasteiger partial charge in [0.25, 0.3) is 11.5 Å². The molecule has 0 radical (unpaired) electrons. The number of anilines is 2. The number of nitrogens with one attached hydrogen (secondary N) is 1. The SMILES string of the molecule is CCN(CC)c1ccc(/C=c2/sc3n(c2=O)C(c2ccc(C)o2)C(C(=O)Nc2ccccc2C)=C(C)N=3)cc1. The molecule has 1 unspecified atom stereocenters. The summed E-state index contributed by atoms with van der Waals surface area (Å²) < 4.78 is 8.13. The summed E-state index contributed by atoms with van der Waals surface area (Å²) in [6.07, 6.45) is 1.88. The lowest BCUT2D eigenvalue weighted by molar-refractivity contribution is -0.113. The van der Waals surface area contributed by atoms with Crippen molar-refractivity contribution in [2.24, 2.45) is 4.99 Å². The summed E-state index contributed by atoms with van der Waals surface area (Å²) in [4.78, 5) is 35.0. The Labute approximate surface area is 231 Å². The number of nitrogens with zero attached hydrogens (tertiary/aromatic N) is 3. The second-order valence-electron chi connectivity index (χ2n) is 9.56. The van der Waals surface area contributed by atoms with Crippen LogP contribution in [0.1, 0.15) is 49.5 Å². The summed E-state index contributed by atoms with van der Waals surface area (Å²) >= 11 is 1.32. The third-order valence-electron chi connectivity index (χ3n) is 7.01. The zero-order valence-corrected chi connectivity index (χ0v) is 23.6. The number of amides is 1. The van der Waals surface area contributed by atoms with Crippen molar-refractivity contribution in [1.29, 1.82) is 0 Å². The molecule has 0 fully saturated rings. The van der Waals surface area contributed by atoms with E-state index in [2.05, 4.69) is 36.2 Å². The number of benzene rings is 2. The number of allylic oxidation sites excluding steroid dienone is 1. The summed E-state index contributed by atoms with van der Waals surface area (Å²) in [6, 6.07) is 18.7. The third-order valence-corrected chi connectivity index (χ3v) is 7.99. The first-order chi connectivity index (χ1) is 18.8. The molecule has 1 aliphatic heterocycles. The van der Waals surface area contributed by atoms with Gasteiger partial charge in [0.05, 0.1) is 15.8 Å². The number of carbonyl (C=O) groups excluding carboxylic acids is 1. The number of rotatable bonds is 7. The molecule has 4 aromatic rings. The number of para-hydroxylation sites is 1. The van der Waals surface area contributed by atoms with Gasteiger partial charge >= 0.3 is 0 Å². The van der Waals surface area contributed by atoms with Gasteiger partial charge in [0.15, 0.2) is 4.80 Å². The number of furan rings is 1. The molecule has 200 valence electrons. The van der Waals surface area contributed by atoms with Crippen LogP contribution in [0.25, 0.3) is 6.08 Å². The van der Waals surface area contributed by atoms with Gasteiger partial charge in [-0.3, -0.25) is 14.2 Å². The number of aromatic nitrogens is 1. The molecule has 1 N–H and O–H groups in total. The van der Waals surface area contributed by atoms with E-state index < -0.39 is 6.04 Å². The molecule has 0 saturated carbocycles. The maximum Gasteiger partial charge on any atom is 0.271 e. The monoisotopic (exact) mass is 540 g/mol. The highest BCUT2D eigenvalue weighted by molar-refractivity contribution is 7.07. The maximum atomic E-state index is 13.8. The molecule has 1 amide bonds. The van der Waals surface area contributed by atoms with Crippen molar-refractivity contribution in [3.05, 3.63) is 114 Å². The Bertz CT molecular complexity index is 1740. The summed E-state index contributed by atoms with van der Waals surface area (Å²) in [7, 11) is 0. The minimum Gasteiger partial charge on any atom is -0.464 e. The number of aryl methyl sites for hydroxylation is 2. The third kappa shape index (κ3) is 5.12. The molecule has 0 spiro atoms. The fraction of sp³-hybridized carbons (Fsp3) is 0.258. The summed E-state index contributed by atoms with van der Waals surface area (Å²) in [5.41, 5.74) is 4.45. The van der Waals surface area contributed by atoms with Gasteiger partial charge in [-0.1, -0.05) is 41.7 Å². The van der Waals surface area contributed by atoms with Crippen LogP contribution in [-0.2, 0) is 4.79 Å². The van der Waals surface area contributed by atoms with Gasteiger partial charge in [-0.05, 0) is 82.2 Å². The normalized spacial score (nSPS) is 15.2. The largest absolute Gasteiger partial charge is 0.464 e. The average molecular weight is 541 g/mol. The van der Waals surface area contributed by atoms with E-state index in [-0.39, 0.29) is 11.5 Å². The highest BCUT2D eigenvalue weighted by atomic mass is 32.1. The first-order valence-electron chi connectivity index (χ1n) is 13.1. The van der Waals surface area contributed by atoms with Crippen molar-refractivity contribution < 1.29 is 9.21 Å². The summed E-state index contributed by atoms with van der Waals surface area (Å²) in [5.74, 6) is 0.910. The number of thiazole rings is 1. The van der Waals surface area contributed by atoms with Crippen LogP contribution in [0.2, 0.25) is 0 Å². The maximum absolute atomic E-state index is 13.8. The lowest BCUT2D eigenvalue weighted by Crippen LogP contribution is -2.40. The number of hydrogen-bond acceptors (Lipinski definition) is 6. The van der Waals surface area contributed by atoms with Crippen molar-refractivity contribution in [2.45, 2.75) is 40.7 Å². The van der Waals surface area contributed by atoms with Gasteiger partial charge < -0.3 is 14.6 Å². The van der Waals surface area contributed by atoms with Gasteiger partial charge in [0.2, 0.25) is 0 Å². The molecule has 2 aromatic carbocycles. The fourth-order valence-corrected chi connectivity index (χ4v) is 5.95. The molecule has 39 heavy (non-hydrogen) atoms. The van der Waals surface area contributed by atoms with Crippen LogP contribution in [0.3, 0.4) is 0 Å². The van der Waals surface area contributed by atoms with Crippen molar-refractivity contribution in [1.82, 2.24) is 4.57 Å². The number of fused-ring (bicyclic) bond motifs is 1. The van der Waals surface area contributed by atoms with E-state index >= 15 is 0 Å². The lowest BCUT2D eigenvalue weighted by atomic mass is 10.00. The predicted octanol–water partition coefficient (Wildman–Crippen LogP) is 4.93. The summed E-state index contributed by atoms with van der Waals surface area (Å²) in [5, 5.41) is 3.02. The standard InChI is InChI=1S/C31H32N4O3S/c1-6-34(7-2)23-15-13-22(14-16-23)18-26-30(37)35-28(25-17-12-20(4)38-25)27(21(5)32-31(35)39-26)29(36)33-24-11-9-8-10-19(24)3/h8-18,28H,6-7H2,1-5H3,(H,33,36)/b26-18+. The molecule has 1 aliphatic rings. The minimum atomic E-state index is -0.730. The Balaban J connectivity index is 1.59. The van der Waals surface area contributed by atoms with E-state index in [1.54, 1.807) is 11.5 Å². The Kier molecular flexibility index (Phi) is 7.39. The Morgan fingerprint density at radius 2 is 1.77 bits per heavy atom. The van der Waals surface area contributed by atoms with Crippen molar-refractivity contribution in [2.75, 3.05) is 23.3 Å². The lowest BCUT2D eigenvalue weighted by Gasteiger charge is -2.23. The average Bonchev–Trinajstić information content (AvgIpc) is 3.48. The van der Waals surface area contributed by atoms with Gasteiger partial charge in [-0.25, -0.2) is 4.99 Å². The van der Waals surface area contributed by atoms with Crippen LogP contribution in [0.4, 0.5) is 11.4 Å². The quantitative estimate of drug-likeness (QED) is 0.361. The highest BCUT2D eigenvalue weighted by Crippen LogP contribution is 2.32. The van der Waals surface area contributed by atoms with Crippen molar-refractivity contribution in [3.63, 3.8) is 0 Å². The number of hydrogen-bond donors (Lipinski definition) is 1. The Hall–Kier alpha value is -4.17. The van der Waals surface area contributed by atoms with E-state index in [9.17, 15) is 9.59 Å². The minimum absolute atomic E-state index is 0.209. The van der Waals surface area contributed by atoms with E-state index in [4.69, 9.17) is 9.41 Å². The van der Waals surface area contributed by atoms with Crippen LogP contribution in [0.5, 0.6) is 0 Å². The van der Waals surface area contributed by atoms with E-state index in [0.29, 0.717) is 37.8 Å². The van der Waals surface area contributed by atoms with Gasteiger partial charge in [-0.2, -0.15) is 0 Å². The van der Waals surface area contributed by atoms with E-state index in [1.807, 2.05) is 68.5 Å². The summed E-state index contributed by atoms with van der Waals surface area (Å²) in [6.45, 7) is 11.7. The smallest absolute Gasteiger partial charge is 0.271 e. The van der Waals surface area contributed by atoms with E-state index in [0.717, 1.165) is 29.9 Å². The van der Waals surface area contributed by atoms with Crippen LogP contribution in [0.15, 0.2) is 86.1 Å². The number of carbonyl (C=O) groups is 1.